The molecule has 0 saturated carbocycles. The van der Waals surface area contributed by atoms with E-state index in [0.29, 0.717) is 54.3 Å². The Morgan fingerprint density at radius 3 is 2.62 bits per heavy atom. The number of methoxy groups -OCH3 is 1. The van der Waals surface area contributed by atoms with E-state index < -0.39 is 17.8 Å². The Bertz CT molecular complexity index is 1440. The van der Waals surface area contributed by atoms with Gasteiger partial charge in [0.15, 0.2) is 0 Å². The van der Waals surface area contributed by atoms with Crippen LogP contribution in [0.5, 0.6) is 5.75 Å². The maximum Gasteiger partial charge on any atom is 0.416 e. The molecule has 10 heteroatoms. The molecule has 214 valence electrons. The number of aliphatic hydroxyl groups is 1. The molecule has 1 aliphatic carbocycles. The summed E-state index contributed by atoms with van der Waals surface area (Å²) in [6.07, 6.45) is -0.468. The largest absolute Gasteiger partial charge is 0.496 e. The molecule has 0 radical (unpaired) electrons. The van der Waals surface area contributed by atoms with Crippen LogP contribution in [0.2, 0.25) is 0 Å². The second-order valence-corrected chi connectivity index (χ2v) is 10.3. The zero-order valence-corrected chi connectivity index (χ0v) is 23.4. The number of aromatic nitrogens is 2. The van der Waals surface area contributed by atoms with Gasteiger partial charge in [-0.3, -0.25) is 4.79 Å². The van der Waals surface area contributed by atoms with Gasteiger partial charge >= 0.3 is 6.18 Å². The Morgan fingerprint density at radius 2 is 2.00 bits per heavy atom. The summed E-state index contributed by atoms with van der Waals surface area (Å²) in [6.45, 7) is 5.29. The van der Waals surface area contributed by atoms with Crippen LogP contribution in [-0.2, 0) is 11.0 Å². The zero-order valence-electron chi connectivity index (χ0n) is 23.4. The summed E-state index contributed by atoms with van der Waals surface area (Å²) in [6, 6.07) is 7.54. The summed E-state index contributed by atoms with van der Waals surface area (Å²) >= 11 is 0. The van der Waals surface area contributed by atoms with Crippen LogP contribution in [0.1, 0.15) is 60.3 Å². The smallest absolute Gasteiger partial charge is 0.416 e. The van der Waals surface area contributed by atoms with E-state index in [-0.39, 0.29) is 24.0 Å². The number of amides is 1. The van der Waals surface area contributed by atoms with E-state index in [1.54, 1.807) is 32.0 Å². The fourth-order valence-corrected chi connectivity index (χ4v) is 5.39. The minimum atomic E-state index is -4.44. The molecule has 1 heterocycles. The van der Waals surface area contributed by atoms with Crippen molar-refractivity contribution < 1.29 is 27.8 Å². The minimum Gasteiger partial charge on any atom is -0.496 e. The van der Waals surface area contributed by atoms with Crippen molar-refractivity contribution in [2.45, 2.75) is 52.3 Å². The maximum atomic E-state index is 13.5. The number of hydrogen-bond acceptors (Lipinski definition) is 6. The van der Waals surface area contributed by atoms with Gasteiger partial charge in [-0.1, -0.05) is 18.2 Å². The lowest BCUT2D eigenvalue weighted by Gasteiger charge is -2.26. The van der Waals surface area contributed by atoms with E-state index in [9.17, 15) is 18.0 Å². The van der Waals surface area contributed by atoms with E-state index >= 15 is 0 Å². The number of likely N-dealkylation sites (N-methyl/N-ethyl adjacent to an activating group) is 1. The van der Waals surface area contributed by atoms with Gasteiger partial charge in [0.05, 0.1) is 30.8 Å². The number of aliphatic hydroxyl groups excluding tert-OH is 1. The number of allylic oxidation sites excluding steroid dienone is 2. The summed E-state index contributed by atoms with van der Waals surface area (Å²) in [4.78, 5) is 23.4. The van der Waals surface area contributed by atoms with Crippen LogP contribution in [-0.4, -0.2) is 53.2 Å². The Hall–Kier alpha value is -3.66. The zero-order chi connectivity index (χ0) is 29.2. The number of carbonyl (C=O) groups is 1. The molecule has 2 aromatic carbocycles. The van der Waals surface area contributed by atoms with Gasteiger partial charge in [-0.25, -0.2) is 9.97 Å². The molecule has 0 spiro atoms. The van der Waals surface area contributed by atoms with Crippen molar-refractivity contribution in [2.75, 3.05) is 32.6 Å². The topological polar surface area (TPSA) is 87.6 Å². The van der Waals surface area contributed by atoms with Gasteiger partial charge in [-0.05, 0) is 68.9 Å². The van der Waals surface area contributed by atoms with Crippen LogP contribution in [0, 0.1) is 19.8 Å². The van der Waals surface area contributed by atoms with Crippen LogP contribution in [0.15, 0.2) is 36.4 Å². The molecular formula is C30H35F3N4O3. The van der Waals surface area contributed by atoms with Crippen LogP contribution in [0.4, 0.5) is 19.0 Å². The number of anilines is 1. The fourth-order valence-electron chi connectivity index (χ4n) is 5.39. The molecule has 1 aromatic heterocycles. The molecule has 3 aromatic rings. The normalized spacial score (nSPS) is 16.4. The molecule has 2 N–H and O–H groups in total. The van der Waals surface area contributed by atoms with Crippen LogP contribution < -0.4 is 10.1 Å². The van der Waals surface area contributed by atoms with Crippen LogP contribution in [0.3, 0.4) is 0 Å². The lowest BCUT2D eigenvalue weighted by molar-refractivity contribution is -0.138. The van der Waals surface area contributed by atoms with Gasteiger partial charge in [-0.2, -0.15) is 13.2 Å². The lowest BCUT2D eigenvalue weighted by atomic mass is 9.85. The highest BCUT2D eigenvalue weighted by molar-refractivity contribution is 5.94. The number of ether oxygens (including phenoxy) is 1. The van der Waals surface area contributed by atoms with E-state index in [1.807, 2.05) is 19.1 Å². The Kier molecular flexibility index (Phi) is 8.68. The average molecular weight is 557 g/mol. The standard InChI is InChI=1S/C30H35F3N4O3/c1-17-22(7-6-8-25(17)30(31,32)33)18(2)34-28-24-15-23(27(40-5)16-26(24)35-19(3)36-28)20-9-11-21(12-10-20)29(39)37(4)13-14-38/h6-9,15-16,18,21,38H,10-14H2,1-5H3,(H,34,35,36)/t18-,21?/m1/s1. The second kappa shape index (κ2) is 11.8. The van der Waals surface area contributed by atoms with E-state index in [1.165, 1.54) is 13.0 Å². The number of halogens is 3. The van der Waals surface area contributed by atoms with Crippen molar-refractivity contribution >= 4 is 28.2 Å². The molecule has 4 rings (SSSR count). The monoisotopic (exact) mass is 556 g/mol. The molecule has 0 fully saturated rings. The summed E-state index contributed by atoms with van der Waals surface area (Å²) < 4.78 is 46.3. The number of benzene rings is 2. The highest BCUT2D eigenvalue weighted by Gasteiger charge is 2.33. The number of alkyl halides is 3. The minimum absolute atomic E-state index is 0.0176. The van der Waals surface area contributed by atoms with Crippen molar-refractivity contribution in [1.29, 1.82) is 0 Å². The number of hydrogen-bond donors (Lipinski definition) is 2. The van der Waals surface area contributed by atoms with Crippen LogP contribution >= 0.6 is 0 Å². The predicted molar refractivity (Wildman–Crippen MR) is 149 cm³/mol. The number of rotatable bonds is 8. The first-order chi connectivity index (χ1) is 18.9. The van der Waals surface area contributed by atoms with E-state index in [4.69, 9.17) is 9.84 Å². The maximum absolute atomic E-state index is 13.5. The summed E-state index contributed by atoms with van der Waals surface area (Å²) in [5, 5.41) is 13.2. The van der Waals surface area contributed by atoms with Crippen molar-refractivity contribution in [3.05, 3.63) is 64.5 Å². The van der Waals surface area contributed by atoms with Crippen molar-refractivity contribution in [3.8, 4) is 5.75 Å². The molecule has 0 bridgehead atoms. The summed E-state index contributed by atoms with van der Waals surface area (Å²) in [7, 11) is 3.29. The Morgan fingerprint density at radius 1 is 1.25 bits per heavy atom. The Labute approximate surface area is 232 Å². The van der Waals surface area contributed by atoms with Gasteiger partial charge < -0.3 is 20.1 Å². The van der Waals surface area contributed by atoms with E-state index in [0.717, 1.165) is 22.6 Å². The highest BCUT2D eigenvalue weighted by Crippen LogP contribution is 2.40. The number of nitrogens with zero attached hydrogens (tertiary/aromatic N) is 3. The first-order valence-electron chi connectivity index (χ1n) is 13.3. The van der Waals surface area contributed by atoms with Gasteiger partial charge in [-0.15, -0.1) is 0 Å². The van der Waals surface area contributed by atoms with Crippen molar-refractivity contribution in [3.63, 3.8) is 0 Å². The van der Waals surface area contributed by atoms with Crippen LogP contribution in [0.25, 0.3) is 16.5 Å². The number of aryl methyl sites for hydroxylation is 1. The van der Waals surface area contributed by atoms with Gasteiger partial charge in [0, 0.05) is 36.5 Å². The number of fused-ring (bicyclic) bond motifs is 1. The predicted octanol–water partition coefficient (Wildman–Crippen LogP) is 6.08. The molecule has 1 aliphatic rings. The molecule has 1 unspecified atom stereocenters. The molecule has 0 aliphatic heterocycles. The van der Waals surface area contributed by atoms with Gasteiger partial charge in [0.2, 0.25) is 5.91 Å². The highest BCUT2D eigenvalue weighted by atomic mass is 19.4. The Balaban J connectivity index is 1.69. The third-order valence-electron chi connectivity index (χ3n) is 7.55. The average Bonchev–Trinajstić information content (AvgIpc) is 2.91. The molecule has 7 nitrogen and oxygen atoms in total. The second-order valence-electron chi connectivity index (χ2n) is 10.3. The molecule has 2 atom stereocenters. The SMILES string of the molecule is COc1cc2nc(C)nc(N[C@H](C)c3cccc(C(F)(F)F)c3C)c2cc1C1=CCC(C(=O)N(C)CCO)CC1. The van der Waals surface area contributed by atoms with E-state index in [2.05, 4.69) is 21.4 Å². The lowest BCUT2D eigenvalue weighted by Crippen LogP contribution is -2.35. The van der Waals surface area contributed by atoms with Gasteiger partial charge in [0.25, 0.3) is 0 Å². The first kappa shape index (κ1) is 29.3. The number of carbonyl (C=O) groups excluding carboxylic acids is 1. The summed E-state index contributed by atoms with van der Waals surface area (Å²) in [5.41, 5.74) is 2.61. The molecule has 1 amide bonds. The number of nitrogens with one attached hydrogen (secondary N) is 1. The quantitative estimate of drug-likeness (QED) is 0.350. The van der Waals surface area contributed by atoms with Crippen molar-refractivity contribution in [1.82, 2.24) is 14.9 Å². The third kappa shape index (κ3) is 6.06. The fraction of sp³-hybridized carbons (Fsp3) is 0.433. The molecular weight excluding hydrogens is 521 g/mol. The van der Waals surface area contributed by atoms with Crippen molar-refractivity contribution in [2.24, 2.45) is 5.92 Å². The molecule has 0 saturated heterocycles. The van der Waals surface area contributed by atoms with Gasteiger partial charge in [0.1, 0.15) is 17.4 Å². The third-order valence-corrected chi connectivity index (χ3v) is 7.55. The molecule has 40 heavy (non-hydrogen) atoms. The summed E-state index contributed by atoms with van der Waals surface area (Å²) in [5.74, 6) is 1.55. The first-order valence-corrected chi connectivity index (χ1v) is 13.3.